The van der Waals surface area contributed by atoms with E-state index >= 15 is 0 Å². The second-order valence-electron chi connectivity index (χ2n) is 5.29. The molecule has 8 heteroatoms. The minimum absolute atomic E-state index is 0.0916. The zero-order valence-corrected chi connectivity index (χ0v) is 13.7. The normalized spacial score (nSPS) is 12.8. The van der Waals surface area contributed by atoms with E-state index in [-0.39, 0.29) is 4.90 Å². The van der Waals surface area contributed by atoms with Gasteiger partial charge >= 0.3 is 5.97 Å². The number of aliphatic carboxylic acids is 1. The SMILES string of the molecule is Cc1ccc(-c2ccc(S(=O)(=O)NC(CO)C(=O)O)cc2)cc1N. The highest BCUT2D eigenvalue weighted by Crippen LogP contribution is 2.25. The molecule has 128 valence electrons. The Labute approximate surface area is 139 Å². The highest BCUT2D eigenvalue weighted by molar-refractivity contribution is 7.89. The molecule has 2 aromatic carbocycles. The number of benzene rings is 2. The van der Waals surface area contributed by atoms with Gasteiger partial charge in [-0.1, -0.05) is 24.3 Å². The molecule has 0 spiro atoms. The van der Waals surface area contributed by atoms with Crippen molar-refractivity contribution in [1.82, 2.24) is 4.72 Å². The van der Waals surface area contributed by atoms with Gasteiger partial charge in [-0.2, -0.15) is 4.72 Å². The van der Waals surface area contributed by atoms with Crippen LogP contribution < -0.4 is 10.5 Å². The van der Waals surface area contributed by atoms with Gasteiger partial charge in [0.15, 0.2) is 0 Å². The molecule has 0 saturated heterocycles. The van der Waals surface area contributed by atoms with E-state index in [1.807, 2.05) is 23.8 Å². The summed E-state index contributed by atoms with van der Waals surface area (Å²) in [6.07, 6.45) is 0. The van der Waals surface area contributed by atoms with Crippen molar-refractivity contribution in [3.8, 4) is 11.1 Å². The zero-order chi connectivity index (χ0) is 17.9. The molecule has 0 bridgehead atoms. The maximum Gasteiger partial charge on any atom is 0.324 e. The van der Waals surface area contributed by atoms with Crippen LogP contribution in [0.25, 0.3) is 11.1 Å². The first-order chi connectivity index (χ1) is 11.2. The number of carboxylic acid groups (broad SMARTS) is 1. The summed E-state index contributed by atoms with van der Waals surface area (Å²) in [6, 6.07) is 9.89. The molecule has 0 fully saturated rings. The second-order valence-corrected chi connectivity index (χ2v) is 7.00. The van der Waals surface area contributed by atoms with Crippen LogP contribution in [-0.4, -0.2) is 37.2 Å². The first-order valence-electron chi connectivity index (χ1n) is 7.07. The summed E-state index contributed by atoms with van der Waals surface area (Å²) in [4.78, 5) is 10.7. The Kier molecular flexibility index (Phi) is 5.23. The summed E-state index contributed by atoms with van der Waals surface area (Å²) >= 11 is 0. The van der Waals surface area contributed by atoms with E-state index in [1.165, 1.54) is 12.1 Å². The van der Waals surface area contributed by atoms with Crippen LogP contribution in [0.5, 0.6) is 0 Å². The molecule has 2 rings (SSSR count). The van der Waals surface area contributed by atoms with Gasteiger partial charge in [-0.25, -0.2) is 8.42 Å². The summed E-state index contributed by atoms with van der Waals surface area (Å²) in [6.45, 7) is 1.05. The Balaban J connectivity index is 2.28. The molecule has 0 aliphatic heterocycles. The number of nitrogen functional groups attached to an aromatic ring is 1. The third-order valence-electron chi connectivity index (χ3n) is 3.56. The van der Waals surface area contributed by atoms with E-state index in [1.54, 1.807) is 18.2 Å². The monoisotopic (exact) mass is 350 g/mol. The molecule has 1 unspecified atom stereocenters. The molecular formula is C16H18N2O5S. The Morgan fingerprint density at radius 3 is 2.25 bits per heavy atom. The summed E-state index contributed by atoms with van der Waals surface area (Å²) in [5.41, 5.74) is 9.07. The molecule has 7 nitrogen and oxygen atoms in total. The number of rotatable bonds is 6. The lowest BCUT2D eigenvalue weighted by Crippen LogP contribution is -2.43. The molecule has 24 heavy (non-hydrogen) atoms. The number of aryl methyl sites for hydroxylation is 1. The van der Waals surface area contributed by atoms with E-state index in [0.29, 0.717) is 5.69 Å². The van der Waals surface area contributed by atoms with Gasteiger partial charge in [-0.05, 0) is 41.8 Å². The molecule has 0 saturated carbocycles. The van der Waals surface area contributed by atoms with E-state index in [0.717, 1.165) is 16.7 Å². The van der Waals surface area contributed by atoms with Crippen LogP contribution in [0.4, 0.5) is 5.69 Å². The van der Waals surface area contributed by atoms with Crippen LogP contribution in [0.15, 0.2) is 47.4 Å². The van der Waals surface area contributed by atoms with Gasteiger partial charge in [-0.15, -0.1) is 0 Å². The van der Waals surface area contributed by atoms with Crippen LogP contribution in [0.1, 0.15) is 5.56 Å². The summed E-state index contributed by atoms with van der Waals surface area (Å²) < 4.78 is 26.2. The third kappa shape index (κ3) is 3.91. The minimum atomic E-state index is -4.05. The number of anilines is 1. The van der Waals surface area contributed by atoms with Crippen molar-refractivity contribution < 1.29 is 23.4 Å². The van der Waals surface area contributed by atoms with E-state index in [9.17, 15) is 13.2 Å². The molecule has 0 amide bonds. The van der Waals surface area contributed by atoms with Crippen molar-refractivity contribution in [2.75, 3.05) is 12.3 Å². The number of carboxylic acids is 1. The number of aliphatic hydroxyl groups excluding tert-OH is 1. The summed E-state index contributed by atoms with van der Waals surface area (Å²) in [5, 5.41) is 17.8. The fraction of sp³-hybridized carbons (Fsp3) is 0.188. The van der Waals surface area contributed by atoms with Gasteiger partial charge < -0.3 is 15.9 Å². The standard InChI is InChI=1S/C16H18N2O5S/c1-10-2-3-12(8-14(10)17)11-4-6-13(7-5-11)24(22,23)18-15(9-19)16(20)21/h2-8,15,18-19H,9,17H2,1H3,(H,20,21). The van der Waals surface area contributed by atoms with Gasteiger partial charge in [-0.3, -0.25) is 4.79 Å². The Hall–Kier alpha value is -2.42. The van der Waals surface area contributed by atoms with Crippen molar-refractivity contribution >= 4 is 21.7 Å². The highest BCUT2D eigenvalue weighted by Gasteiger charge is 2.24. The predicted octanol–water partition coefficient (Wildman–Crippen LogP) is 0.968. The van der Waals surface area contributed by atoms with Crippen LogP contribution in [-0.2, 0) is 14.8 Å². The fourth-order valence-electron chi connectivity index (χ4n) is 2.07. The molecule has 0 radical (unpaired) electrons. The van der Waals surface area contributed by atoms with Crippen molar-refractivity contribution in [1.29, 1.82) is 0 Å². The Bertz CT molecular complexity index is 847. The minimum Gasteiger partial charge on any atom is -0.480 e. The second kappa shape index (κ2) is 7.00. The topological polar surface area (TPSA) is 130 Å². The number of hydrogen-bond donors (Lipinski definition) is 4. The number of nitrogens with two attached hydrogens (primary N) is 1. The lowest BCUT2D eigenvalue weighted by atomic mass is 10.0. The molecule has 1 atom stereocenters. The van der Waals surface area contributed by atoms with Crippen LogP contribution in [0.3, 0.4) is 0 Å². The highest BCUT2D eigenvalue weighted by atomic mass is 32.2. The number of carbonyl (C=O) groups is 1. The first kappa shape index (κ1) is 17.9. The predicted molar refractivity (Wildman–Crippen MR) is 89.9 cm³/mol. The molecule has 0 aliphatic carbocycles. The number of sulfonamides is 1. The van der Waals surface area contributed by atoms with Crippen molar-refractivity contribution in [3.05, 3.63) is 48.0 Å². The van der Waals surface area contributed by atoms with E-state index < -0.39 is 28.6 Å². The van der Waals surface area contributed by atoms with E-state index in [2.05, 4.69) is 0 Å². The van der Waals surface area contributed by atoms with Gasteiger partial charge in [0.1, 0.15) is 6.04 Å². The largest absolute Gasteiger partial charge is 0.480 e. The Morgan fingerprint density at radius 2 is 1.75 bits per heavy atom. The van der Waals surface area contributed by atoms with E-state index in [4.69, 9.17) is 15.9 Å². The van der Waals surface area contributed by atoms with Crippen molar-refractivity contribution in [3.63, 3.8) is 0 Å². The van der Waals surface area contributed by atoms with Gasteiger partial charge in [0, 0.05) is 5.69 Å². The van der Waals surface area contributed by atoms with Gasteiger partial charge in [0.25, 0.3) is 0 Å². The van der Waals surface area contributed by atoms with Crippen LogP contribution >= 0.6 is 0 Å². The average molecular weight is 350 g/mol. The summed E-state index contributed by atoms with van der Waals surface area (Å²) in [7, 11) is -4.05. The molecule has 0 aliphatic rings. The quantitative estimate of drug-likeness (QED) is 0.574. The Morgan fingerprint density at radius 1 is 1.17 bits per heavy atom. The number of nitrogens with one attached hydrogen (secondary N) is 1. The zero-order valence-electron chi connectivity index (χ0n) is 12.9. The smallest absolute Gasteiger partial charge is 0.324 e. The lowest BCUT2D eigenvalue weighted by molar-refractivity contribution is -0.139. The van der Waals surface area contributed by atoms with Crippen molar-refractivity contribution in [2.24, 2.45) is 0 Å². The molecule has 5 N–H and O–H groups in total. The number of aliphatic hydroxyl groups is 1. The molecule has 0 aromatic heterocycles. The lowest BCUT2D eigenvalue weighted by Gasteiger charge is -2.12. The molecule has 2 aromatic rings. The number of hydrogen-bond acceptors (Lipinski definition) is 5. The summed E-state index contributed by atoms with van der Waals surface area (Å²) in [5.74, 6) is -1.45. The third-order valence-corrected chi connectivity index (χ3v) is 5.04. The average Bonchev–Trinajstić information content (AvgIpc) is 2.55. The van der Waals surface area contributed by atoms with Crippen LogP contribution in [0, 0.1) is 6.92 Å². The maximum absolute atomic E-state index is 12.1. The first-order valence-corrected chi connectivity index (χ1v) is 8.55. The van der Waals surface area contributed by atoms with Crippen molar-refractivity contribution in [2.45, 2.75) is 17.9 Å². The fourth-order valence-corrected chi connectivity index (χ4v) is 3.25. The van der Waals surface area contributed by atoms with Crippen LogP contribution in [0.2, 0.25) is 0 Å². The molecular weight excluding hydrogens is 332 g/mol. The maximum atomic E-state index is 12.1. The van der Waals surface area contributed by atoms with Gasteiger partial charge in [0.05, 0.1) is 11.5 Å². The molecule has 0 heterocycles. The van der Waals surface area contributed by atoms with Gasteiger partial charge in [0.2, 0.25) is 10.0 Å².